The maximum atomic E-state index is 13.8. The molecule has 1 fully saturated rings. The van der Waals surface area contributed by atoms with E-state index in [1.807, 2.05) is 0 Å². The van der Waals surface area contributed by atoms with Gasteiger partial charge in [-0.05, 0) is 30.2 Å². The van der Waals surface area contributed by atoms with Crippen LogP contribution in [0.2, 0.25) is 5.02 Å². The summed E-state index contributed by atoms with van der Waals surface area (Å²) >= 11 is 6.70. The molecule has 5 heterocycles. The second-order valence-electron chi connectivity index (χ2n) is 9.54. The highest BCUT2D eigenvalue weighted by Crippen LogP contribution is 2.37. The van der Waals surface area contributed by atoms with Gasteiger partial charge in [0.2, 0.25) is 5.95 Å². The van der Waals surface area contributed by atoms with Crippen LogP contribution in [0.3, 0.4) is 0 Å². The Balaban J connectivity index is 1.30. The Hall–Kier alpha value is -3.94. The molecule has 40 heavy (non-hydrogen) atoms. The molecule has 1 aliphatic rings. The molecule has 0 amide bonds. The molecule has 1 aliphatic heterocycles. The third kappa shape index (κ3) is 5.03. The molecule has 14 heteroatoms. The predicted molar refractivity (Wildman–Crippen MR) is 142 cm³/mol. The molecule has 1 aromatic carbocycles. The molecule has 1 N–H and O–H groups in total. The number of halogens is 4. The van der Waals surface area contributed by atoms with Gasteiger partial charge in [-0.1, -0.05) is 11.6 Å². The van der Waals surface area contributed by atoms with Gasteiger partial charge in [-0.15, -0.1) is 0 Å². The second kappa shape index (κ2) is 10.2. The van der Waals surface area contributed by atoms with Crippen LogP contribution in [0.4, 0.5) is 24.8 Å². The highest BCUT2D eigenvalue weighted by Gasteiger charge is 2.32. The largest absolute Gasteiger partial charge is 0.450 e. The fourth-order valence-electron chi connectivity index (χ4n) is 4.85. The molecule has 4 aromatic heterocycles. The number of fused-ring (bicyclic) bond motifs is 2. The summed E-state index contributed by atoms with van der Waals surface area (Å²) in [6.07, 6.45) is 4.29. The summed E-state index contributed by atoms with van der Waals surface area (Å²) < 4.78 is 55.9. The van der Waals surface area contributed by atoms with E-state index >= 15 is 0 Å². The van der Waals surface area contributed by atoms with E-state index in [1.54, 1.807) is 47.9 Å². The van der Waals surface area contributed by atoms with Crippen molar-refractivity contribution in [2.45, 2.75) is 25.2 Å². The molecule has 0 saturated carbocycles. The van der Waals surface area contributed by atoms with Gasteiger partial charge < -0.3 is 19.4 Å². The highest BCUT2D eigenvalue weighted by atomic mass is 35.5. The Morgan fingerprint density at radius 1 is 1.15 bits per heavy atom. The lowest BCUT2D eigenvalue weighted by molar-refractivity contribution is -0.137. The molecule has 5 aromatic rings. The van der Waals surface area contributed by atoms with Crippen LogP contribution in [0.5, 0.6) is 11.5 Å². The number of nitrogens with one attached hydrogen (secondary N) is 1. The van der Waals surface area contributed by atoms with Gasteiger partial charge in [0.15, 0.2) is 17.1 Å². The van der Waals surface area contributed by atoms with Crippen molar-refractivity contribution in [2.24, 2.45) is 7.05 Å². The molecule has 1 saturated heterocycles. The van der Waals surface area contributed by atoms with Gasteiger partial charge >= 0.3 is 6.18 Å². The summed E-state index contributed by atoms with van der Waals surface area (Å²) in [4.78, 5) is 15.0. The van der Waals surface area contributed by atoms with Crippen molar-refractivity contribution >= 4 is 39.9 Å². The van der Waals surface area contributed by atoms with E-state index in [4.69, 9.17) is 21.1 Å². The second-order valence-corrected chi connectivity index (χ2v) is 9.92. The van der Waals surface area contributed by atoms with Gasteiger partial charge in [-0.2, -0.15) is 23.3 Å². The van der Waals surface area contributed by atoms with Gasteiger partial charge in [0.05, 0.1) is 30.3 Å². The summed E-state index contributed by atoms with van der Waals surface area (Å²) in [6.45, 7) is 1.79. The summed E-state index contributed by atoms with van der Waals surface area (Å²) in [5.41, 5.74) is 1.42. The maximum absolute atomic E-state index is 13.8. The normalized spacial score (nSPS) is 16.3. The van der Waals surface area contributed by atoms with Crippen molar-refractivity contribution in [1.29, 1.82) is 0 Å². The van der Waals surface area contributed by atoms with Gasteiger partial charge in [0, 0.05) is 51.9 Å². The lowest BCUT2D eigenvalue weighted by Gasteiger charge is -2.18. The number of methoxy groups -OCH3 is 1. The molecular weight excluding hydrogens is 549 g/mol. The van der Waals surface area contributed by atoms with Crippen LogP contribution in [0.1, 0.15) is 17.5 Å². The molecule has 0 aliphatic carbocycles. The van der Waals surface area contributed by atoms with E-state index in [0.717, 1.165) is 19.0 Å². The molecule has 0 unspecified atom stereocenters. The van der Waals surface area contributed by atoms with E-state index in [2.05, 4.69) is 30.3 Å². The van der Waals surface area contributed by atoms with E-state index in [-0.39, 0.29) is 28.5 Å². The van der Waals surface area contributed by atoms with E-state index < -0.39 is 11.7 Å². The molecule has 208 valence electrons. The summed E-state index contributed by atoms with van der Waals surface area (Å²) in [6, 6.07) is 3.93. The summed E-state index contributed by atoms with van der Waals surface area (Å²) in [5.74, 6) is 0.972. The lowest BCUT2D eigenvalue weighted by atomic mass is 10.1. The zero-order valence-electron chi connectivity index (χ0n) is 21.5. The fraction of sp³-hybridized carbons (Fsp3) is 0.308. The maximum Gasteiger partial charge on any atom is 0.416 e. The minimum Gasteiger partial charge on any atom is -0.450 e. The third-order valence-electron chi connectivity index (χ3n) is 6.86. The van der Waals surface area contributed by atoms with E-state index in [9.17, 15) is 13.2 Å². The molecule has 1 atom stereocenters. The molecule has 10 nitrogen and oxygen atoms in total. The predicted octanol–water partition coefficient (Wildman–Crippen LogP) is 5.44. The number of aryl methyl sites for hydroxylation is 1. The van der Waals surface area contributed by atoms with Gasteiger partial charge in [-0.25, -0.2) is 9.50 Å². The number of anilines is 2. The van der Waals surface area contributed by atoms with Crippen molar-refractivity contribution in [3.63, 3.8) is 0 Å². The van der Waals surface area contributed by atoms with Crippen LogP contribution in [0.15, 0.2) is 49.2 Å². The Bertz CT molecular complexity index is 1700. The standard InChI is InChI=1S/C26H24ClF3N8O2/c1-36-23-22(27)21(40-20-12-33-38-6-4-31-10-19(20)38)11-32-24(23)35-25(36)34-17-8-15(7-16(9-17)26(28,29)30)13-37-5-3-18(14-37)39-2/h4,6-12,18H,3,5,13-14H2,1-2H3,(H,32,34,35)/t18-/m1/s1. The number of imidazole rings is 1. The monoisotopic (exact) mass is 572 g/mol. The SMILES string of the molecule is CO[C@@H]1CCN(Cc2cc(Nc3nc4ncc(Oc5cnn6ccncc56)c(Cl)c4n3C)cc(C(F)(F)F)c2)C1. The quantitative estimate of drug-likeness (QED) is 0.275. The van der Waals surface area contributed by atoms with Crippen LogP contribution in [0, 0.1) is 0 Å². The number of nitrogens with zero attached hydrogens (tertiary/aromatic N) is 7. The van der Waals surface area contributed by atoms with Crippen molar-refractivity contribution in [1.82, 2.24) is 34.0 Å². The molecule has 6 rings (SSSR count). The number of pyridine rings is 1. The van der Waals surface area contributed by atoms with Crippen LogP contribution in [-0.2, 0) is 24.5 Å². The van der Waals surface area contributed by atoms with Crippen LogP contribution in [-0.4, -0.2) is 60.3 Å². The molecule has 0 radical (unpaired) electrons. The van der Waals surface area contributed by atoms with Gasteiger partial charge in [0.25, 0.3) is 0 Å². The van der Waals surface area contributed by atoms with Crippen LogP contribution >= 0.6 is 11.6 Å². The Morgan fingerprint density at radius 2 is 2.00 bits per heavy atom. The van der Waals surface area contributed by atoms with E-state index in [1.165, 1.54) is 18.5 Å². The number of hydrogen-bond donors (Lipinski definition) is 1. The zero-order chi connectivity index (χ0) is 28.0. The first-order chi connectivity index (χ1) is 19.2. The number of ether oxygens (including phenoxy) is 2. The number of alkyl halides is 3. The summed E-state index contributed by atoms with van der Waals surface area (Å²) in [5, 5.41) is 7.48. The minimum atomic E-state index is -4.51. The van der Waals surface area contributed by atoms with Crippen LogP contribution in [0.25, 0.3) is 16.7 Å². The van der Waals surface area contributed by atoms with Crippen molar-refractivity contribution in [3.8, 4) is 11.5 Å². The smallest absolute Gasteiger partial charge is 0.416 e. The first-order valence-corrected chi connectivity index (χ1v) is 12.8. The molecular formula is C26H24ClF3N8O2. The molecule has 0 spiro atoms. The number of aromatic nitrogens is 6. The zero-order valence-corrected chi connectivity index (χ0v) is 22.2. The first kappa shape index (κ1) is 26.3. The van der Waals surface area contributed by atoms with Crippen molar-refractivity contribution in [2.75, 3.05) is 25.5 Å². The number of benzene rings is 1. The number of hydrogen-bond acceptors (Lipinski definition) is 8. The van der Waals surface area contributed by atoms with Crippen LogP contribution < -0.4 is 10.1 Å². The van der Waals surface area contributed by atoms with Crippen molar-refractivity contribution in [3.05, 3.63) is 65.3 Å². The number of rotatable bonds is 7. The van der Waals surface area contributed by atoms with Crippen molar-refractivity contribution < 1.29 is 22.6 Å². The first-order valence-electron chi connectivity index (χ1n) is 12.4. The molecule has 0 bridgehead atoms. The minimum absolute atomic E-state index is 0.0824. The number of likely N-dealkylation sites (tertiary alicyclic amines) is 1. The van der Waals surface area contributed by atoms with Gasteiger partial charge in [0.1, 0.15) is 16.1 Å². The lowest BCUT2D eigenvalue weighted by Crippen LogP contribution is -2.22. The fourth-order valence-corrected chi connectivity index (χ4v) is 5.14. The average Bonchev–Trinajstić information content (AvgIpc) is 3.63. The highest BCUT2D eigenvalue weighted by molar-refractivity contribution is 6.36. The summed E-state index contributed by atoms with van der Waals surface area (Å²) in [7, 11) is 3.34. The Labute approximate surface area is 231 Å². The Morgan fingerprint density at radius 3 is 2.77 bits per heavy atom. The topological polar surface area (TPSA) is 94.6 Å². The third-order valence-corrected chi connectivity index (χ3v) is 7.22. The average molecular weight is 573 g/mol. The van der Waals surface area contributed by atoms with Gasteiger partial charge in [-0.3, -0.25) is 9.88 Å². The van der Waals surface area contributed by atoms with E-state index in [0.29, 0.717) is 41.1 Å². The Kier molecular flexibility index (Phi) is 6.72.